The van der Waals surface area contributed by atoms with Crippen molar-refractivity contribution in [1.82, 2.24) is 0 Å². The maximum Gasteiger partial charge on any atom is 0.509 e. The molecule has 0 aromatic heterocycles. The number of alkyl halides is 5. The van der Waals surface area contributed by atoms with Gasteiger partial charge in [-0.05, 0) is 6.07 Å². The molecule has 0 radical (unpaired) electrons. The fraction of sp³-hybridized carbons (Fsp3) is 0.250. The molecule has 0 spiro atoms. The van der Waals surface area contributed by atoms with Crippen LogP contribution in [0, 0.1) is 5.82 Å². The zero-order valence-electron chi connectivity index (χ0n) is 8.21. The van der Waals surface area contributed by atoms with Crippen LogP contribution >= 0.6 is 0 Å². The van der Waals surface area contributed by atoms with Crippen LogP contribution in [0.2, 0.25) is 0 Å². The Balaban J connectivity index is 3.40. The molecule has 0 heterocycles. The summed E-state index contributed by atoms with van der Waals surface area (Å²) in [4.78, 5) is 0. The van der Waals surface area contributed by atoms with Crippen molar-refractivity contribution in [3.63, 3.8) is 0 Å². The van der Waals surface area contributed by atoms with Crippen molar-refractivity contribution in [3.8, 4) is 0 Å². The predicted molar refractivity (Wildman–Crippen MR) is 45.1 cm³/mol. The van der Waals surface area contributed by atoms with Gasteiger partial charge in [-0.2, -0.15) is 22.0 Å². The summed E-state index contributed by atoms with van der Waals surface area (Å²) in [6.07, 6.45) is -6.10. The van der Waals surface area contributed by atoms with Crippen LogP contribution in [0.3, 0.4) is 0 Å². The number of hydrogen-bond donors (Lipinski definition) is 0. The van der Waals surface area contributed by atoms with Gasteiger partial charge in [-0.1, -0.05) is 12.1 Å². The summed E-state index contributed by atoms with van der Waals surface area (Å²) >= 11 is 0. The Morgan fingerprint density at radius 3 is 1.72 bits per heavy atom. The third-order valence-corrected chi connectivity index (χ3v) is 2.02. The monoisotopic (exact) mass is 281 g/mol. The minimum atomic E-state index is -6.10. The van der Waals surface area contributed by atoms with E-state index in [1.54, 1.807) is 0 Å². The lowest BCUT2D eigenvalue weighted by Gasteiger charge is -2.22. The van der Waals surface area contributed by atoms with Crippen LogP contribution in [0.4, 0.5) is 39.3 Å². The first kappa shape index (κ1) is 14.7. The molecule has 0 aliphatic rings. The van der Waals surface area contributed by atoms with E-state index < -0.39 is 42.0 Å². The maximum absolute atomic E-state index is 12.8. The fourth-order valence-electron chi connectivity index (χ4n) is 1.15. The van der Waals surface area contributed by atoms with Gasteiger partial charge in [0.2, 0.25) is 0 Å². The van der Waals surface area contributed by atoms with Crippen molar-refractivity contribution in [2.24, 2.45) is 0 Å². The van der Waals surface area contributed by atoms with E-state index in [2.05, 4.69) is 0 Å². The molecule has 1 rings (SSSR count). The Morgan fingerprint density at radius 2 is 1.33 bits per heavy atom. The van der Waals surface area contributed by atoms with Crippen LogP contribution in [-0.4, -0.2) is 13.2 Å². The van der Waals surface area contributed by atoms with Gasteiger partial charge in [0.25, 0.3) is 0 Å². The van der Waals surface area contributed by atoms with Crippen LogP contribution < -0.4 is 5.46 Å². The topological polar surface area (TPSA) is 0 Å². The Kier molecular flexibility index (Phi) is 3.35. The molecule has 0 unspecified atom stereocenters. The summed E-state index contributed by atoms with van der Waals surface area (Å²) in [5.41, 5.74) is -3.93. The van der Waals surface area contributed by atoms with Gasteiger partial charge in [0, 0.05) is 5.56 Å². The average Bonchev–Trinajstić information content (AvgIpc) is 2.13. The van der Waals surface area contributed by atoms with E-state index in [9.17, 15) is 39.3 Å². The molecule has 10 heteroatoms. The third kappa shape index (κ3) is 2.73. The van der Waals surface area contributed by atoms with E-state index in [-0.39, 0.29) is 12.1 Å². The molecule has 0 bridgehead atoms. The molecule has 102 valence electrons. The predicted octanol–water partition coefficient (Wildman–Crippen LogP) is 3.53. The summed E-state index contributed by atoms with van der Waals surface area (Å²) in [7, 11) is 0. The lowest BCUT2D eigenvalue weighted by Crippen LogP contribution is -2.38. The molecular weight excluding hydrogens is 278 g/mol. The SMILES string of the molecule is Fc1cc([B-](F)(F)F)cc(C(F)(F)C(F)(F)F)c1. The number of benzene rings is 1. The van der Waals surface area contributed by atoms with Gasteiger partial charge >= 0.3 is 19.1 Å². The van der Waals surface area contributed by atoms with Crippen LogP contribution in [0.1, 0.15) is 5.56 Å². The van der Waals surface area contributed by atoms with Gasteiger partial charge < -0.3 is 12.9 Å². The highest BCUT2D eigenvalue weighted by Gasteiger charge is 2.59. The Morgan fingerprint density at radius 1 is 0.833 bits per heavy atom. The highest BCUT2D eigenvalue weighted by molar-refractivity contribution is 6.73. The second-order valence-corrected chi connectivity index (χ2v) is 3.42. The van der Waals surface area contributed by atoms with Gasteiger partial charge in [0.05, 0.1) is 0 Å². The van der Waals surface area contributed by atoms with Crippen molar-refractivity contribution in [3.05, 3.63) is 29.6 Å². The molecule has 0 aliphatic heterocycles. The van der Waals surface area contributed by atoms with Crippen molar-refractivity contribution in [2.75, 3.05) is 0 Å². The number of halogens is 9. The van der Waals surface area contributed by atoms with E-state index in [1.807, 2.05) is 0 Å². The molecule has 0 saturated heterocycles. The van der Waals surface area contributed by atoms with Crippen molar-refractivity contribution >= 4 is 12.4 Å². The van der Waals surface area contributed by atoms with Gasteiger partial charge in [-0.25, -0.2) is 4.39 Å². The average molecular weight is 281 g/mol. The van der Waals surface area contributed by atoms with Crippen LogP contribution in [0.15, 0.2) is 18.2 Å². The standard InChI is InChI=1S/C8H3BF9/c10-6-2-4(7(11,12)8(13,14)15)1-5(3-6)9(16,17)18/h1-3H/q-1. The Labute approximate surface area is 94.5 Å². The lowest BCUT2D eigenvalue weighted by molar-refractivity contribution is -0.289. The summed E-state index contributed by atoms with van der Waals surface area (Å²) in [6, 6.07) is -0.828. The van der Waals surface area contributed by atoms with Crippen molar-refractivity contribution in [1.29, 1.82) is 0 Å². The molecule has 0 nitrogen and oxygen atoms in total. The molecular formula is C8H3BF9-. The van der Waals surface area contributed by atoms with Crippen molar-refractivity contribution < 1.29 is 39.3 Å². The zero-order chi connectivity index (χ0) is 14.4. The zero-order valence-corrected chi connectivity index (χ0v) is 8.21. The third-order valence-electron chi connectivity index (χ3n) is 2.02. The molecule has 0 atom stereocenters. The minimum Gasteiger partial charge on any atom is -0.445 e. The second-order valence-electron chi connectivity index (χ2n) is 3.42. The summed E-state index contributed by atoms with van der Waals surface area (Å²) < 4.78 is 111. The maximum atomic E-state index is 12.8. The van der Waals surface area contributed by atoms with Crippen LogP contribution in [-0.2, 0) is 5.92 Å². The molecule has 0 fully saturated rings. The minimum absolute atomic E-state index is 0.143. The van der Waals surface area contributed by atoms with Gasteiger partial charge in [-0.3, -0.25) is 0 Å². The summed E-state index contributed by atoms with van der Waals surface area (Å²) in [6.45, 7) is -5.88. The van der Waals surface area contributed by atoms with E-state index in [0.717, 1.165) is 0 Å². The fourth-order valence-corrected chi connectivity index (χ4v) is 1.15. The highest BCUT2D eigenvalue weighted by atomic mass is 19.4. The summed E-state index contributed by atoms with van der Waals surface area (Å²) in [5.74, 6) is -7.36. The normalized spacial score (nSPS) is 13.8. The van der Waals surface area contributed by atoms with Crippen molar-refractivity contribution in [2.45, 2.75) is 12.1 Å². The number of rotatable bonds is 2. The highest BCUT2D eigenvalue weighted by Crippen LogP contribution is 2.43. The molecule has 1 aromatic rings. The first-order valence-electron chi connectivity index (χ1n) is 4.31. The quantitative estimate of drug-likeness (QED) is 0.574. The van der Waals surface area contributed by atoms with Crippen LogP contribution in [0.5, 0.6) is 0 Å². The molecule has 0 amide bonds. The lowest BCUT2D eigenvalue weighted by atomic mass is 9.79. The van der Waals surface area contributed by atoms with E-state index in [4.69, 9.17) is 0 Å². The molecule has 0 aliphatic carbocycles. The smallest absolute Gasteiger partial charge is 0.445 e. The van der Waals surface area contributed by atoms with E-state index >= 15 is 0 Å². The Hall–Kier alpha value is -1.35. The number of hydrogen-bond acceptors (Lipinski definition) is 0. The molecule has 1 aromatic carbocycles. The van der Waals surface area contributed by atoms with Gasteiger partial charge in [0.15, 0.2) is 0 Å². The molecule has 0 N–H and O–H groups in total. The molecule has 0 saturated carbocycles. The first-order valence-corrected chi connectivity index (χ1v) is 4.31. The molecule has 18 heavy (non-hydrogen) atoms. The second kappa shape index (κ2) is 4.09. The van der Waals surface area contributed by atoms with Crippen LogP contribution in [0.25, 0.3) is 0 Å². The Bertz CT molecular complexity index is 445. The van der Waals surface area contributed by atoms with Gasteiger partial charge in [0.1, 0.15) is 5.82 Å². The van der Waals surface area contributed by atoms with Gasteiger partial charge in [-0.15, -0.1) is 5.46 Å². The van der Waals surface area contributed by atoms with E-state index in [1.165, 1.54) is 0 Å². The summed E-state index contributed by atoms with van der Waals surface area (Å²) in [5, 5.41) is 0. The largest absolute Gasteiger partial charge is 0.509 e. The first-order chi connectivity index (χ1) is 7.85. The van der Waals surface area contributed by atoms with E-state index in [0.29, 0.717) is 0 Å².